The van der Waals surface area contributed by atoms with Crippen LogP contribution >= 0.6 is 0 Å². The van der Waals surface area contributed by atoms with Gasteiger partial charge < -0.3 is 4.90 Å². The molecule has 0 radical (unpaired) electrons. The van der Waals surface area contributed by atoms with Gasteiger partial charge in [0.25, 0.3) is 0 Å². The topological polar surface area (TPSA) is 44.1 Å². The number of hydrogen-bond acceptors (Lipinski definition) is 2. The maximum Gasteiger partial charge on any atom is 0.239 e. The average molecular weight is 222 g/mol. The molecule has 1 rings (SSSR count). The first-order valence-electron chi connectivity index (χ1n) is 6.28. The summed E-state index contributed by atoms with van der Waals surface area (Å²) in [4.78, 5) is 13.9. The highest BCUT2D eigenvalue weighted by atomic mass is 16.2. The summed E-state index contributed by atoms with van der Waals surface area (Å²) >= 11 is 0. The Hall–Kier alpha value is -1.04. The lowest BCUT2D eigenvalue weighted by Crippen LogP contribution is -2.34. The van der Waals surface area contributed by atoms with Crippen LogP contribution in [0.4, 0.5) is 0 Å². The third kappa shape index (κ3) is 2.98. The van der Waals surface area contributed by atoms with Gasteiger partial charge in [-0.1, -0.05) is 27.2 Å². The van der Waals surface area contributed by atoms with Crippen LogP contribution in [0.25, 0.3) is 0 Å². The summed E-state index contributed by atoms with van der Waals surface area (Å²) < 4.78 is 0. The van der Waals surface area contributed by atoms with Crippen molar-refractivity contribution in [1.82, 2.24) is 4.90 Å². The van der Waals surface area contributed by atoms with E-state index in [4.69, 9.17) is 5.26 Å². The number of nitrogens with zero attached hydrogens (tertiary/aromatic N) is 2. The van der Waals surface area contributed by atoms with Crippen molar-refractivity contribution in [2.45, 2.75) is 40.0 Å². The van der Waals surface area contributed by atoms with Crippen LogP contribution < -0.4 is 0 Å². The largest absolute Gasteiger partial charge is 0.341 e. The third-order valence-corrected chi connectivity index (χ3v) is 3.51. The van der Waals surface area contributed by atoms with Crippen molar-refractivity contribution in [1.29, 1.82) is 5.26 Å². The third-order valence-electron chi connectivity index (χ3n) is 3.51. The van der Waals surface area contributed by atoms with E-state index in [1.165, 1.54) is 0 Å². The number of hydrogen-bond donors (Lipinski definition) is 0. The van der Waals surface area contributed by atoms with Crippen LogP contribution in [0.15, 0.2) is 0 Å². The molecule has 90 valence electrons. The molecule has 0 spiro atoms. The van der Waals surface area contributed by atoms with E-state index < -0.39 is 5.92 Å². The molecule has 0 saturated carbocycles. The smallest absolute Gasteiger partial charge is 0.239 e. The van der Waals surface area contributed by atoms with Gasteiger partial charge in [0.15, 0.2) is 0 Å². The summed E-state index contributed by atoms with van der Waals surface area (Å²) in [6.45, 7) is 8.10. The second-order valence-electron chi connectivity index (χ2n) is 5.05. The Morgan fingerprint density at radius 3 is 2.69 bits per heavy atom. The molecule has 1 saturated heterocycles. The summed E-state index contributed by atoms with van der Waals surface area (Å²) in [5.41, 5.74) is 0. The van der Waals surface area contributed by atoms with Crippen LogP contribution in [0.1, 0.15) is 40.0 Å². The zero-order chi connectivity index (χ0) is 12.1. The first-order chi connectivity index (χ1) is 7.60. The molecule has 0 N–H and O–H groups in total. The fraction of sp³-hybridized carbons (Fsp3) is 0.846. The molecule has 2 atom stereocenters. The predicted octanol–water partition coefficient (Wildman–Crippen LogP) is 2.43. The minimum Gasteiger partial charge on any atom is -0.341 e. The molecule has 1 fully saturated rings. The van der Waals surface area contributed by atoms with Crippen LogP contribution in [-0.2, 0) is 4.79 Å². The van der Waals surface area contributed by atoms with Gasteiger partial charge in [-0.15, -0.1) is 0 Å². The molecule has 16 heavy (non-hydrogen) atoms. The van der Waals surface area contributed by atoms with E-state index >= 15 is 0 Å². The molecule has 1 amide bonds. The van der Waals surface area contributed by atoms with E-state index in [-0.39, 0.29) is 5.91 Å². The van der Waals surface area contributed by atoms with Gasteiger partial charge in [-0.3, -0.25) is 4.79 Å². The summed E-state index contributed by atoms with van der Waals surface area (Å²) in [6, 6.07) is 2.13. The number of amides is 1. The quantitative estimate of drug-likeness (QED) is 0.733. The molecule has 0 aromatic rings. The highest BCUT2D eigenvalue weighted by molar-refractivity contribution is 5.81. The molecule has 3 nitrogen and oxygen atoms in total. The zero-order valence-corrected chi connectivity index (χ0v) is 10.6. The Morgan fingerprint density at radius 2 is 2.25 bits per heavy atom. The summed E-state index contributed by atoms with van der Waals surface area (Å²) in [5, 5.41) is 8.97. The lowest BCUT2D eigenvalue weighted by atomic mass is 9.95. The van der Waals surface area contributed by atoms with Crippen molar-refractivity contribution in [2.75, 3.05) is 13.1 Å². The van der Waals surface area contributed by atoms with E-state index in [0.717, 1.165) is 25.9 Å². The molecular weight excluding hydrogens is 200 g/mol. The minimum atomic E-state index is -0.420. The maximum absolute atomic E-state index is 12.0. The highest BCUT2D eigenvalue weighted by Crippen LogP contribution is 2.25. The minimum absolute atomic E-state index is 0.0486. The number of likely N-dealkylation sites (tertiary alicyclic amines) is 1. The van der Waals surface area contributed by atoms with Gasteiger partial charge in [0, 0.05) is 13.1 Å². The Morgan fingerprint density at radius 1 is 1.56 bits per heavy atom. The zero-order valence-electron chi connectivity index (χ0n) is 10.6. The maximum atomic E-state index is 12.0. The highest BCUT2D eigenvalue weighted by Gasteiger charge is 2.31. The summed E-state index contributed by atoms with van der Waals surface area (Å²) in [6.07, 6.45) is 2.68. The van der Waals surface area contributed by atoms with E-state index in [9.17, 15) is 4.79 Å². The Labute approximate surface area is 98.4 Å². The lowest BCUT2D eigenvalue weighted by molar-refractivity contribution is -0.133. The fourth-order valence-corrected chi connectivity index (χ4v) is 2.28. The SMILES string of the molecule is CCCC(C#N)C(=O)N1CCC(C(C)C)C1. The van der Waals surface area contributed by atoms with Gasteiger partial charge >= 0.3 is 0 Å². The summed E-state index contributed by atoms with van der Waals surface area (Å²) in [5.74, 6) is 0.873. The van der Waals surface area contributed by atoms with Crippen molar-refractivity contribution in [3.8, 4) is 6.07 Å². The standard InChI is InChI=1S/C13H22N2O/c1-4-5-11(8-14)13(16)15-7-6-12(9-15)10(2)3/h10-12H,4-7,9H2,1-3H3. The van der Waals surface area contributed by atoms with Crippen molar-refractivity contribution >= 4 is 5.91 Å². The molecule has 0 aliphatic carbocycles. The lowest BCUT2D eigenvalue weighted by Gasteiger charge is -2.20. The predicted molar refractivity (Wildman–Crippen MR) is 63.5 cm³/mol. The molecule has 0 aromatic heterocycles. The van der Waals surface area contributed by atoms with Gasteiger partial charge in [-0.2, -0.15) is 5.26 Å². The van der Waals surface area contributed by atoms with Crippen LogP contribution in [0.5, 0.6) is 0 Å². The number of rotatable bonds is 4. The van der Waals surface area contributed by atoms with Gasteiger partial charge in [-0.25, -0.2) is 0 Å². The number of carbonyl (C=O) groups is 1. The van der Waals surface area contributed by atoms with E-state index in [1.54, 1.807) is 0 Å². The van der Waals surface area contributed by atoms with Crippen LogP contribution in [-0.4, -0.2) is 23.9 Å². The first-order valence-corrected chi connectivity index (χ1v) is 6.28. The molecule has 2 unspecified atom stereocenters. The molecule has 0 bridgehead atoms. The van der Waals surface area contributed by atoms with Crippen molar-refractivity contribution in [3.63, 3.8) is 0 Å². The molecular formula is C13H22N2O. The first kappa shape index (κ1) is 13.0. The van der Waals surface area contributed by atoms with E-state index in [1.807, 2.05) is 11.8 Å². The van der Waals surface area contributed by atoms with Crippen LogP contribution in [0, 0.1) is 29.1 Å². The fourth-order valence-electron chi connectivity index (χ4n) is 2.28. The van der Waals surface area contributed by atoms with Crippen LogP contribution in [0.3, 0.4) is 0 Å². The molecule has 0 aromatic carbocycles. The van der Waals surface area contributed by atoms with Crippen molar-refractivity contribution in [2.24, 2.45) is 17.8 Å². The Bertz CT molecular complexity index is 280. The normalized spacial score (nSPS) is 22.2. The summed E-state index contributed by atoms with van der Waals surface area (Å²) in [7, 11) is 0. The Kier molecular flexibility index (Phi) is 4.79. The molecule has 3 heteroatoms. The molecule has 1 heterocycles. The average Bonchev–Trinajstić information content (AvgIpc) is 2.74. The second-order valence-corrected chi connectivity index (χ2v) is 5.05. The van der Waals surface area contributed by atoms with Gasteiger partial charge in [-0.05, 0) is 24.7 Å². The van der Waals surface area contributed by atoms with E-state index in [2.05, 4.69) is 19.9 Å². The van der Waals surface area contributed by atoms with Crippen molar-refractivity contribution < 1.29 is 4.79 Å². The molecule has 1 aliphatic rings. The van der Waals surface area contributed by atoms with Gasteiger partial charge in [0.05, 0.1) is 6.07 Å². The molecule has 1 aliphatic heterocycles. The van der Waals surface area contributed by atoms with Crippen molar-refractivity contribution in [3.05, 3.63) is 0 Å². The van der Waals surface area contributed by atoms with E-state index in [0.29, 0.717) is 18.3 Å². The van der Waals surface area contributed by atoms with Gasteiger partial charge in [0.2, 0.25) is 5.91 Å². The number of nitriles is 1. The second kappa shape index (κ2) is 5.89. The van der Waals surface area contributed by atoms with Crippen LogP contribution in [0.2, 0.25) is 0 Å². The monoisotopic (exact) mass is 222 g/mol. The Balaban J connectivity index is 2.53. The van der Waals surface area contributed by atoms with Gasteiger partial charge in [0.1, 0.15) is 5.92 Å². The number of carbonyl (C=O) groups excluding carboxylic acids is 1.